The zero-order valence-electron chi connectivity index (χ0n) is 10.3. The number of hydrogen-bond donors (Lipinski definition) is 0. The Morgan fingerprint density at radius 2 is 1.61 bits per heavy atom. The number of rotatable bonds is 0. The van der Waals surface area contributed by atoms with Crippen LogP contribution >= 0.6 is 0 Å². The second-order valence-corrected chi connectivity index (χ2v) is 3.77. The quantitative estimate of drug-likeness (QED) is 0.285. The monoisotopic (exact) mass is 377 g/mol. The fourth-order valence-corrected chi connectivity index (χ4v) is 1.07. The van der Waals surface area contributed by atoms with Gasteiger partial charge in [-0.2, -0.15) is 17.5 Å². The zero-order valence-corrected chi connectivity index (χ0v) is 15.3. The molecule has 0 heterocycles. The summed E-state index contributed by atoms with van der Waals surface area (Å²) >= 11 is 0. The van der Waals surface area contributed by atoms with Gasteiger partial charge in [-0.3, -0.25) is 0 Å². The van der Waals surface area contributed by atoms with Crippen molar-refractivity contribution in [3.05, 3.63) is 48.2 Å². The Morgan fingerprint density at radius 1 is 1.17 bits per heavy atom. The zero-order chi connectivity index (χ0) is 11.5. The van der Waals surface area contributed by atoms with E-state index in [0.717, 1.165) is 9.52 Å². The van der Waals surface area contributed by atoms with Crippen LogP contribution in [-0.4, -0.2) is 15.9 Å². The molecule has 0 aliphatic carbocycles. The third-order valence-corrected chi connectivity index (χ3v) is 1.55. The van der Waals surface area contributed by atoms with Gasteiger partial charge in [0, 0.05) is 15.9 Å². The molecule has 2 radical (unpaired) electrons. The average molecular weight is 379 g/mol. The molecule has 18 heavy (non-hydrogen) atoms. The summed E-state index contributed by atoms with van der Waals surface area (Å²) in [5.74, 6) is 0. The first-order chi connectivity index (χ1) is 7.29. The van der Waals surface area contributed by atoms with E-state index in [-0.39, 0.29) is 57.4 Å². The smallest absolute Gasteiger partial charge is 1.00 e. The van der Waals surface area contributed by atoms with E-state index >= 15 is 0 Å². The van der Waals surface area contributed by atoms with Gasteiger partial charge in [0.1, 0.15) is 0 Å². The van der Waals surface area contributed by atoms with Crippen LogP contribution in [0.5, 0.6) is 0 Å². The number of hydrogen-bond acceptors (Lipinski definition) is 1. The first kappa shape index (κ1) is 26.5. The van der Waals surface area contributed by atoms with Gasteiger partial charge in [0.05, 0.1) is 0 Å². The summed E-state index contributed by atoms with van der Waals surface area (Å²) < 4.78 is 0. The molecule has 0 saturated carbocycles. The molecule has 0 spiro atoms. The van der Waals surface area contributed by atoms with Crippen LogP contribution in [0.15, 0.2) is 42.5 Å². The average Bonchev–Trinajstić information content (AvgIpc) is 2.67. The van der Waals surface area contributed by atoms with Crippen molar-refractivity contribution in [3.63, 3.8) is 0 Å². The number of carbonyl (C=O) groups excluding carboxylic acids is 1. The van der Waals surface area contributed by atoms with Gasteiger partial charge in [-0.1, -0.05) is 19.2 Å². The molecule has 0 fully saturated rings. The van der Waals surface area contributed by atoms with Gasteiger partial charge in [0.2, 0.25) is 0 Å². The molecule has 0 atom stereocenters. The van der Waals surface area contributed by atoms with Gasteiger partial charge in [-0.05, 0) is 0 Å². The molecule has 2 nitrogen and oxygen atoms in total. The van der Waals surface area contributed by atoms with Crippen LogP contribution in [0.2, 0.25) is 13.1 Å². The Morgan fingerprint density at radius 3 is 2.06 bits per heavy atom. The maximum atomic E-state index is 8.47. The van der Waals surface area contributed by atoms with Crippen LogP contribution in [-0.2, 0) is 31.0 Å². The molecule has 2 aromatic carbocycles. The fourth-order valence-electron chi connectivity index (χ4n) is 1.07. The number of fused-ring (bicyclic) bond motifs is 1. The molecule has 1 N–H and O–H groups in total. The summed E-state index contributed by atoms with van der Waals surface area (Å²) in [5.41, 5.74) is 5.53. The Labute approximate surface area is 143 Å². The van der Waals surface area contributed by atoms with Crippen LogP contribution in [0.3, 0.4) is 0 Å². The minimum Gasteiger partial charge on any atom is -1.00 e. The maximum Gasteiger partial charge on any atom is 4.00 e. The van der Waals surface area contributed by atoms with Crippen LogP contribution in [0, 0.1) is 0 Å². The van der Waals surface area contributed by atoms with Gasteiger partial charge >= 0.3 is 26.2 Å². The Balaban J connectivity index is -0.0000000964. The maximum absolute atomic E-state index is 8.47. The van der Waals surface area contributed by atoms with Crippen LogP contribution in [0.4, 0.5) is 0 Å². The molecule has 0 unspecified atom stereocenters. The van der Waals surface area contributed by atoms with Gasteiger partial charge in [-0.15, -0.1) is 29.7 Å². The van der Waals surface area contributed by atoms with Crippen LogP contribution < -0.4 is 24.8 Å². The standard InChI is InChI=1S/C9H7.C2H6Si.CH3NO.2ClH.Zr/c1-2-5-9-7-3-6-8(9)4-1;1-3-2;2-1-3;;;/h1-7H;1-2H3;1H,(H2,2,3);2*1H;/q-1;;;;;+4/p-3. The number of benzene rings is 1. The van der Waals surface area contributed by atoms with Crippen molar-refractivity contribution >= 4 is 26.7 Å². The Kier molecular flexibility index (Phi) is 28.5. The summed E-state index contributed by atoms with van der Waals surface area (Å²) in [6, 6.07) is 14.7. The minimum atomic E-state index is 0. The van der Waals surface area contributed by atoms with E-state index in [1.165, 1.54) is 10.8 Å². The van der Waals surface area contributed by atoms with E-state index in [4.69, 9.17) is 10.5 Å². The molecule has 6 heteroatoms. The molecule has 2 rings (SSSR count). The van der Waals surface area contributed by atoms with Gasteiger partial charge in [0.25, 0.3) is 0 Å². The van der Waals surface area contributed by atoms with Crippen molar-refractivity contribution in [2.24, 2.45) is 0 Å². The molecular weight excluding hydrogens is 364 g/mol. The number of halogens is 2. The molecule has 96 valence electrons. The number of nitrogens with one attached hydrogen (secondary N) is 1. The topological polar surface area (TPSA) is 40.9 Å². The van der Waals surface area contributed by atoms with Crippen molar-refractivity contribution < 1.29 is 55.8 Å². The Hall–Kier alpha value is -0.0200. The fraction of sp³-hybridized carbons (Fsp3) is 0.167. The van der Waals surface area contributed by atoms with Crippen molar-refractivity contribution in [1.82, 2.24) is 0 Å². The molecule has 0 aromatic heterocycles. The first-order valence-electron chi connectivity index (χ1n) is 4.60. The predicted molar refractivity (Wildman–Crippen MR) is 67.4 cm³/mol. The molecule has 0 aliphatic heterocycles. The van der Waals surface area contributed by atoms with E-state index in [0.29, 0.717) is 0 Å². The first-order valence-corrected chi connectivity index (χ1v) is 6.60. The summed E-state index contributed by atoms with van der Waals surface area (Å²) in [6.07, 6.45) is 0. The van der Waals surface area contributed by atoms with E-state index in [1.807, 2.05) is 0 Å². The van der Waals surface area contributed by atoms with Crippen molar-refractivity contribution in [2.75, 3.05) is 0 Å². The van der Waals surface area contributed by atoms with Crippen LogP contribution in [0.1, 0.15) is 0 Å². The van der Waals surface area contributed by atoms with Crippen LogP contribution in [0.25, 0.3) is 16.5 Å². The summed E-state index contributed by atoms with van der Waals surface area (Å²) in [7, 11) is 1.08. The normalized spacial score (nSPS) is 6.78. The van der Waals surface area contributed by atoms with E-state index < -0.39 is 0 Å². The molecule has 0 aliphatic rings. The minimum absolute atomic E-state index is 0. The second kappa shape index (κ2) is 19.3. The van der Waals surface area contributed by atoms with Gasteiger partial charge in [0.15, 0.2) is 0 Å². The second-order valence-electron chi connectivity index (χ2n) is 2.77. The van der Waals surface area contributed by atoms with Gasteiger partial charge in [-0.25, -0.2) is 0 Å². The predicted octanol–water partition coefficient (Wildman–Crippen LogP) is -2.45. The molecule has 2 aromatic rings. The van der Waals surface area contributed by atoms with E-state index in [2.05, 4.69) is 55.6 Å². The molecule has 0 saturated heterocycles. The SMILES string of the molecule is C[Si]C.[Cl-].[Cl-].[NH-]C=O.[Zr+4].c1ccc2[cH-]ccc2c1. The molecular formula is C12H15Cl2NOSiZr. The Bertz CT molecular complexity index is 355. The largest absolute Gasteiger partial charge is 4.00 e. The van der Waals surface area contributed by atoms with Crippen molar-refractivity contribution in [3.8, 4) is 0 Å². The third kappa shape index (κ3) is 12.4. The van der Waals surface area contributed by atoms with Gasteiger partial charge < -0.3 is 35.3 Å². The molecule has 1 amide bonds. The number of carbonyl (C=O) groups is 1. The molecule has 0 bridgehead atoms. The third-order valence-electron chi connectivity index (χ3n) is 1.55. The summed E-state index contributed by atoms with van der Waals surface area (Å²) in [5, 5.41) is 2.66. The van der Waals surface area contributed by atoms with Crippen molar-refractivity contribution in [2.45, 2.75) is 13.1 Å². The summed E-state index contributed by atoms with van der Waals surface area (Å²) in [4.78, 5) is 8.47. The van der Waals surface area contributed by atoms with E-state index in [1.54, 1.807) is 0 Å². The van der Waals surface area contributed by atoms with Crippen molar-refractivity contribution in [1.29, 1.82) is 0 Å². The summed E-state index contributed by atoms with van der Waals surface area (Å²) in [6.45, 7) is 4.31. The number of amides is 1. The van der Waals surface area contributed by atoms with E-state index in [9.17, 15) is 0 Å².